The Morgan fingerprint density at radius 1 is 1.33 bits per heavy atom. The fraction of sp³-hybridized carbons (Fsp3) is 0.250. The van der Waals surface area contributed by atoms with Crippen LogP contribution in [0.1, 0.15) is 27.2 Å². The Balaban J connectivity index is 1.44. The van der Waals surface area contributed by atoms with Gasteiger partial charge in [0, 0.05) is 4.88 Å². The maximum atomic E-state index is 12.4. The van der Waals surface area contributed by atoms with E-state index in [0.29, 0.717) is 21.5 Å². The van der Waals surface area contributed by atoms with Crippen molar-refractivity contribution in [1.29, 1.82) is 0 Å². The highest BCUT2D eigenvalue weighted by Gasteiger charge is 2.26. The number of carbonyl (C=O) groups is 2. The Kier molecular flexibility index (Phi) is 4.89. The Labute approximate surface area is 166 Å². The third-order valence-electron chi connectivity index (χ3n) is 4.16. The van der Waals surface area contributed by atoms with Gasteiger partial charge in [-0.15, -0.1) is 32.9 Å². The molecular weight excluding hydrogens is 404 g/mol. The van der Waals surface area contributed by atoms with E-state index in [2.05, 4.69) is 15.5 Å². The van der Waals surface area contributed by atoms with Crippen LogP contribution in [0.2, 0.25) is 0 Å². The molecule has 0 fully saturated rings. The van der Waals surface area contributed by atoms with Gasteiger partial charge >= 0.3 is 0 Å². The lowest BCUT2D eigenvalue weighted by Crippen LogP contribution is -2.19. The molecule has 0 bridgehead atoms. The van der Waals surface area contributed by atoms with Gasteiger partial charge in [0.2, 0.25) is 11.1 Å². The number of aromatic nitrogens is 3. The van der Waals surface area contributed by atoms with Crippen molar-refractivity contribution in [3.63, 3.8) is 0 Å². The molecule has 1 aliphatic rings. The van der Waals surface area contributed by atoms with E-state index in [1.807, 2.05) is 17.5 Å². The van der Waals surface area contributed by atoms with Crippen LogP contribution >= 0.6 is 34.4 Å². The third kappa shape index (κ3) is 3.45. The molecule has 27 heavy (non-hydrogen) atoms. The maximum Gasteiger partial charge on any atom is 0.251 e. The minimum absolute atomic E-state index is 0.0978. The molecule has 0 saturated heterocycles. The van der Waals surface area contributed by atoms with Gasteiger partial charge in [0.1, 0.15) is 5.00 Å². The van der Waals surface area contributed by atoms with Crippen LogP contribution < -0.4 is 16.9 Å². The van der Waals surface area contributed by atoms with Gasteiger partial charge in [0.05, 0.1) is 16.2 Å². The summed E-state index contributed by atoms with van der Waals surface area (Å²) >= 11 is 4.13. The number of hydrogen-bond donors (Lipinski definition) is 3. The van der Waals surface area contributed by atoms with E-state index in [9.17, 15) is 9.59 Å². The molecule has 1 aliphatic carbocycles. The van der Waals surface area contributed by atoms with Gasteiger partial charge in [0.15, 0.2) is 5.82 Å². The number of nitrogens with zero attached hydrogens (tertiary/aromatic N) is 3. The normalized spacial score (nSPS) is 12.9. The number of nitrogen functional groups attached to an aromatic ring is 1. The minimum atomic E-state index is -0.500. The molecule has 0 atom stereocenters. The van der Waals surface area contributed by atoms with Crippen LogP contribution in [0.5, 0.6) is 0 Å². The minimum Gasteiger partial charge on any atom is -0.365 e. The summed E-state index contributed by atoms with van der Waals surface area (Å²) in [4.78, 5) is 26.2. The summed E-state index contributed by atoms with van der Waals surface area (Å²) in [5.74, 6) is 5.94. The Hall–Kier alpha value is -2.37. The molecule has 0 unspecified atom stereocenters. The second kappa shape index (κ2) is 7.33. The molecule has 3 aromatic rings. The quantitative estimate of drug-likeness (QED) is 0.414. The number of fused-ring (bicyclic) bond motifs is 1. The lowest BCUT2D eigenvalue weighted by molar-refractivity contribution is -0.113. The molecule has 2 amide bonds. The van der Waals surface area contributed by atoms with Crippen molar-refractivity contribution >= 4 is 51.3 Å². The number of primary amides is 1. The summed E-state index contributed by atoms with van der Waals surface area (Å²) in [5.41, 5.74) is 6.95. The van der Waals surface area contributed by atoms with Crippen molar-refractivity contribution in [2.24, 2.45) is 5.73 Å². The molecule has 8 nitrogen and oxygen atoms in total. The van der Waals surface area contributed by atoms with Crippen LogP contribution in [0.25, 0.3) is 10.7 Å². The van der Waals surface area contributed by atoms with Crippen LogP contribution in [0, 0.1) is 0 Å². The number of thiophene rings is 2. The predicted octanol–water partition coefficient (Wildman–Crippen LogP) is 2.10. The standard InChI is InChI=1S/C16H16N6O2S3/c17-13(24)12-8-3-1-4-9(8)27-15(12)19-11(23)7-26-16-21-20-14(22(16)18)10-5-2-6-25-10/h2,5-6H,1,3-4,7,18H2,(H2,17,24)(H,19,23). The average Bonchev–Trinajstić information content (AvgIpc) is 3.36. The Morgan fingerprint density at radius 3 is 2.93 bits per heavy atom. The van der Waals surface area contributed by atoms with Crippen molar-refractivity contribution < 1.29 is 9.59 Å². The van der Waals surface area contributed by atoms with Crippen LogP contribution in [-0.2, 0) is 17.6 Å². The van der Waals surface area contributed by atoms with E-state index in [1.54, 1.807) is 0 Å². The lowest BCUT2D eigenvalue weighted by atomic mass is 10.1. The molecule has 0 saturated carbocycles. The number of thioether (sulfide) groups is 1. The second-order valence-electron chi connectivity index (χ2n) is 5.92. The first-order valence-electron chi connectivity index (χ1n) is 8.16. The molecule has 0 aromatic carbocycles. The molecule has 11 heteroatoms. The summed E-state index contributed by atoms with van der Waals surface area (Å²) in [6, 6.07) is 3.81. The number of hydrogen-bond acceptors (Lipinski definition) is 8. The summed E-state index contributed by atoms with van der Waals surface area (Å²) < 4.78 is 1.37. The summed E-state index contributed by atoms with van der Waals surface area (Å²) in [7, 11) is 0. The van der Waals surface area contributed by atoms with Crippen molar-refractivity contribution in [3.05, 3.63) is 33.5 Å². The number of nitrogens with one attached hydrogen (secondary N) is 1. The molecule has 0 aliphatic heterocycles. The van der Waals surface area contributed by atoms with E-state index in [4.69, 9.17) is 11.6 Å². The average molecular weight is 421 g/mol. The fourth-order valence-corrected chi connectivity index (χ4v) is 5.67. The van der Waals surface area contributed by atoms with Crippen LogP contribution in [0.4, 0.5) is 5.00 Å². The van der Waals surface area contributed by atoms with Crippen molar-refractivity contribution in [2.75, 3.05) is 16.9 Å². The smallest absolute Gasteiger partial charge is 0.251 e. The zero-order chi connectivity index (χ0) is 19.0. The SMILES string of the molecule is NC(=O)c1c(NC(=O)CSc2nnc(-c3cccs3)n2N)sc2c1CCC2. The first-order chi connectivity index (χ1) is 13.0. The van der Waals surface area contributed by atoms with Gasteiger partial charge in [0.25, 0.3) is 5.91 Å². The highest BCUT2D eigenvalue weighted by Crippen LogP contribution is 2.39. The predicted molar refractivity (Wildman–Crippen MR) is 108 cm³/mol. The topological polar surface area (TPSA) is 129 Å². The van der Waals surface area contributed by atoms with Crippen LogP contribution in [0.3, 0.4) is 0 Å². The largest absolute Gasteiger partial charge is 0.365 e. The van der Waals surface area contributed by atoms with Gasteiger partial charge in [-0.1, -0.05) is 17.8 Å². The van der Waals surface area contributed by atoms with Gasteiger partial charge in [-0.3, -0.25) is 9.59 Å². The fourth-order valence-electron chi connectivity index (χ4n) is 3.00. The van der Waals surface area contributed by atoms with Gasteiger partial charge in [-0.2, -0.15) is 0 Å². The molecule has 4 rings (SSSR count). The van der Waals surface area contributed by atoms with Gasteiger partial charge in [-0.25, -0.2) is 4.68 Å². The molecule has 0 radical (unpaired) electrons. The van der Waals surface area contributed by atoms with Gasteiger partial charge in [-0.05, 0) is 36.3 Å². The molecule has 140 valence electrons. The van der Waals surface area contributed by atoms with Gasteiger partial charge < -0.3 is 16.9 Å². The first-order valence-corrected chi connectivity index (χ1v) is 10.8. The molecule has 5 N–H and O–H groups in total. The zero-order valence-corrected chi connectivity index (χ0v) is 16.5. The van der Waals surface area contributed by atoms with E-state index >= 15 is 0 Å². The summed E-state index contributed by atoms with van der Waals surface area (Å²) in [5, 5.41) is 13.8. The molecule has 3 heterocycles. The molecular formula is C16H16N6O2S3. The number of nitrogens with two attached hydrogens (primary N) is 2. The Bertz CT molecular complexity index is 1010. The lowest BCUT2D eigenvalue weighted by Gasteiger charge is -2.06. The van der Waals surface area contributed by atoms with E-state index in [-0.39, 0.29) is 11.7 Å². The van der Waals surface area contributed by atoms with E-state index in [0.717, 1.165) is 34.6 Å². The highest BCUT2D eigenvalue weighted by atomic mass is 32.2. The van der Waals surface area contributed by atoms with E-state index < -0.39 is 5.91 Å². The van der Waals surface area contributed by atoms with Crippen molar-refractivity contribution in [3.8, 4) is 10.7 Å². The molecule has 0 spiro atoms. The maximum absolute atomic E-state index is 12.4. The highest BCUT2D eigenvalue weighted by molar-refractivity contribution is 7.99. The second-order valence-corrected chi connectivity index (χ2v) is 8.91. The third-order valence-corrected chi connectivity index (χ3v) is 7.18. The summed E-state index contributed by atoms with van der Waals surface area (Å²) in [6.07, 6.45) is 2.77. The zero-order valence-electron chi connectivity index (χ0n) is 14.1. The van der Waals surface area contributed by atoms with Crippen molar-refractivity contribution in [1.82, 2.24) is 14.9 Å². The Morgan fingerprint density at radius 2 is 2.19 bits per heavy atom. The number of carbonyl (C=O) groups excluding carboxylic acids is 2. The van der Waals surface area contributed by atoms with Crippen LogP contribution in [0.15, 0.2) is 22.7 Å². The molecule has 3 aromatic heterocycles. The van der Waals surface area contributed by atoms with E-state index in [1.165, 1.54) is 39.1 Å². The van der Waals surface area contributed by atoms with Crippen LogP contribution in [-0.4, -0.2) is 32.4 Å². The number of anilines is 1. The number of amides is 2. The first kappa shape index (κ1) is 18.0. The number of rotatable bonds is 6. The summed E-state index contributed by atoms with van der Waals surface area (Å²) in [6.45, 7) is 0. The number of aryl methyl sites for hydroxylation is 1. The monoisotopic (exact) mass is 420 g/mol. The van der Waals surface area contributed by atoms with Crippen molar-refractivity contribution in [2.45, 2.75) is 24.4 Å².